The standard InChI is InChI=1S/C13H19ClN2O3S/c1-8(2)9(3)15-13(17)11-7-10(5-6-12(11)14)16-20(4,18)19/h5-9,16H,1-4H3,(H,15,17). The van der Waals surface area contributed by atoms with Gasteiger partial charge in [0.25, 0.3) is 5.91 Å². The molecular weight excluding hydrogens is 300 g/mol. The van der Waals surface area contributed by atoms with Crippen molar-refractivity contribution in [2.24, 2.45) is 5.92 Å². The minimum Gasteiger partial charge on any atom is -0.349 e. The minimum absolute atomic E-state index is 0.00918. The summed E-state index contributed by atoms with van der Waals surface area (Å²) < 4.78 is 24.7. The molecule has 5 nitrogen and oxygen atoms in total. The molecule has 0 aliphatic rings. The number of sulfonamides is 1. The Bertz CT molecular complexity index is 600. The first-order valence-electron chi connectivity index (χ1n) is 6.18. The van der Waals surface area contributed by atoms with Gasteiger partial charge in [-0.2, -0.15) is 0 Å². The van der Waals surface area contributed by atoms with E-state index in [-0.39, 0.29) is 28.5 Å². The normalized spacial score (nSPS) is 13.1. The van der Waals surface area contributed by atoms with E-state index in [1.807, 2.05) is 20.8 Å². The number of amides is 1. The highest BCUT2D eigenvalue weighted by atomic mass is 35.5. The summed E-state index contributed by atoms with van der Waals surface area (Å²) in [6.45, 7) is 5.89. The van der Waals surface area contributed by atoms with Crippen molar-refractivity contribution >= 4 is 33.2 Å². The molecule has 1 atom stereocenters. The molecule has 112 valence electrons. The largest absolute Gasteiger partial charge is 0.349 e. The van der Waals surface area contributed by atoms with Gasteiger partial charge in [-0.05, 0) is 31.0 Å². The summed E-state index contributed by atoms with van der Waals surface area (Å²) in [7, 11) is -3.39. The maximum Gasteiger partial charge on any atom is 0.253 e. The Morgan fingerprint density at radius 3 is 2.35 bits per heavy atom. The lowest BCUT2D eigenvalue weighted by atomic mass is 10.1. The molecule has 1 unspecified atom stereocenters. The number of nitrogens with one attached hydrogen (secondary N) is 2. The molecular formula is C13H19ClN2O3S. The molecule has 20 heavy (non-hydrogen) atoms. The molecule has 0 radical (unpaired) electrons. The molecule has 1 amide bonds. The van der Waals surface area contributed by atoms with E-state index in [1.165, 1.54) is 18.2 Å². The van der Waals surface area contributed by atoms with E-state index < -0.39 is 10.0 Å². The molecule has 2 N–H and O–H groups in total. The van der Waals surface area contributed by atoms with Crippen LogP contribution in [-0.4, -0.2) is 26.6 Å². The zero-order valence-corrected chi connectivity index (χ0v) is 13.5. The van der Waals surface area contributed by atoms with E-state index in [0.29, 0.717) is 5.69 Å². The number of hydrogen-bond acceptors (Lipinski definition) is 3. The number of rotatable bonds is 5. The predicted octanol–water partition coefficient (Wildman–Crippen LogP) is 2.49. The van der Waals surface area contributed by atoms with Gasteiger partial charge in [-0.15, -0.1) is 0 Å². The van der Waals surface area contributed by atoms with Crippen LogP contribution in [0.2, 0.25) is 5.02 Å². The van der Waals surface area contributed by atoms with Crippen LogP contribution in [0.15, 0.2) is 18.2 Å². The fourth-order valence-electron chi connectivity index (χ4n) is 1.43. The van der Waals surface area contributed by atoms with Crippen molar-refractivity contribution in [2.75, 3.05) is 11.0 Å². The van der Waals surface area contributed by atoms with Gasteiger partial charge in [0.2, 0.25) is 10.0 Å². The van der Waals surface area contributed by atoms with E-state index in [2.05, 4.69) is 10.0 Å². The van der Waals surface area contributed by atoms with Crippen molar-refractivity contribution in [2.45, 2.75) is 26.8 Å². The molecule has 1 aromatic carbocycles. The number of carbonyl (C=O) groups excluding carboxylic acids is 1. The third-order valence-corrected chi connectivity index (χ3v) is 3.81. The molecule has 0 heterocycles. The zero-order chi connectivity index (χ0) is 15.5. The van der Waals surface area contributed by atoms with E-state index in [1.54, 1.807) is 0 Å². The maximum absolute atomic E-state index is 12.1. The maximum atomic E-state index is 12.1. The second-order valence-electron chi connectivity index (χ2n) is 5.08. The molecule has 0 aromatic heterocycles. The Balaban J connectivity index is 2.99. The van der Waals surface area contributed by atoms with Gasteiger partial charge in [0.15, 0.2) is 0 Å². The molecule has 0 spiro atoms. The van der Waals surface area contributed by atoms with Crippen LogP contribution in [0.4, 0.5) is 5.69 Å². The zero-order valence-electron chi connectivity index (χ0n) is 11.9. The lowest BCUT2D eigenvalue weighted by Crippen LogP contribution is -2.36. The molecule has 1 rings (SSSR count). The van der Waals surface area contributed by atoms with E-state index in [0.717, 1.165) is 6.26 Å². The fourth-order valence-corrected chi connectivity index (χ4v) is 2.19. The van der Waals surface area contributed by atoms with E-state index in [4.69, 9.17) is 11.6 Å². The van der Waals surface area contributed by atoms with Crippen molar-refractivity contribution in [3.63, 3.8) is 0 Å². The Morgan fingerprint density at radius 2 is 1.85 bits per heavy atom. The lowest BCUT2D eigenvalue weighted by Gasteiger charge is -2.18. The predicted molar refractivity (Wildman–Crippen MR) is 81.7 cm³/mol. The molecule has 7 heteroatoms. The Labute approximate surface area is 124 Å². The quantitative estimate of drug-likeness (QED) is 0.875. The molecule has 0 saturated carbocycles. The van der Waals surface area contributed by atoms with Gasteiger partial charge in [0.1, 0.15) is 0 Å². The smallest absolute Gasteiger partial charge is 0.253 e. The second kappa shape index (κ2) is 6.45. The first-order chi connectivity index (χ1) is 9.10. The molecule has 0 bridgehead atoms. The SMILES string of the molecule is CC(C)C(C)NC(=O)c1cc(NS(C)(=O)=O)ccc1Cl. The summed E-state index contributed by atoms with van der Waals surface area (Å²) in [5.41, 5.74) is 0.548. The van der Waals surface area contributed by atoms with Crippen molar-refractivity contribution in [3.8, 4) is 0 Å². The summed E-state index contributed by atoms with van der Waals surface area (Å²) in [4.78, 5) is 12.1. The van der Waals surface area contributed by atoms with Crippen LogP contribution in [0.3, 0.4) is 0 Å². The molecule has 0 saturated heterocycles. The van der Waals surface area contributed by atoms with E-state index in [9.17, 15) is 13.2 Å². The van der Waals surface area contributed by atoms with Crippen LogP contribution in [0.25, 0.3) is 0 Å². The first-order valence-corrected chi connectivity index (χ1v) is 8.45. The van der Waals surface area contributed by atoms with Crippen molar-refractivity contribution in [1.29, 1.82) is 0 Å². The number of anilines is 1. The third kappa shape index (κ3) is 5.02. The van der Waals surface area contributed by atoms with Gasteiger partial charge in [-0.3, -0.25) is 9.52 Å². The molecule has 0 aliphatic heterocycles. The van der Waals surface area contributed by atoms with Crippen LogP contribution in [0.1, 0.15) is 31.1 Å². The Hall–Kier alpha value is -1.27. The summed E-state index contributed by atoms with van der Waals surface area (Å²) in [6.07, 6.45) is 1.04. The summed E-state index contributed by atoms with van der Waals surface area (Å²) >= 11 is 5.99. The van der Waals surface area contributed by atoms with Crippen LogP contribution in [0, 0.1) is 5.92 Å². The van der Waals surface area contributed by atoms with Crippen molar-refractivity contribution < 1.29 is 13.2 Å². The number of hydrogen-bond donors (Lipinski definition) is 2. The van der Waals surface area contributed by atoms with Crippen LogP contribution in [0.5, 0.6) is 0 Å². The highest BCUT2D eigenvalue weighted by molar-refractivity contribution is 7.92. The average Bonchev–Trinajstić information content (AvgIpc) is 2.29. The molecule has 0 fully saturated rings. The fraction of sp³-hybridized carbons (Fsp3) is 0.462. The third-order valence-electron chi connectivity index (χ3n) is 2.87. The highest BCUT2D eigenvalue weighted by Crippen LogP contribution is 2.21. The highest BCUT2D eigenvalue weighted by Gasteiger charge is 2.16. The van der Waals surface area contributed by atoms with Crippen molar-refractivity contribution in [1.82, 2.24) is 5.32 Å². The van der Waals surface area contributed by atoms with Crippen molar-refractivity contribution in [3.05, 3.63) is 28.8 Å². The number of carbonyl (C=O) groups is 1. The van der Waals surface area contributed by atoms with E-state index >= 15 is 0 Å². The van der Waals surface area contributed by atoms with Crippen LogP contribution >= 0.6 is 11.6 Å². The van der Waals surface area contributed by atoms with Gasteiger partial charge < -0.3 is 5.32 Å². The van der Waals surface area contributed by atoms with Gasteiger partial charge in [0.05, 0.1) is 16.8 Å². The van der Waals surface area contributed by atoms with Crippen LogP contribution in [-0.2, 0) is 10.0 Å². The molecule has 1 aromatic rings. The first kappa shape index (κ1) is 16.8. The van der Waals surface area contributed by atoms with Gasteiger partial charge >= 0.3 is 0 Å². The van der Waals surface area contributed by atoms with Crippen LogP contribution < -0.4 is 10.0 Å². The minimum atomic E-state index is -3.39. The number of benzene rings is 1. The summed E-state index contributed by atoms with van der Waals surface area (Å²) in [5.74, 6) is -0.0385. The number of halogens is 1. The van der Waals surface area contributed by atoms with Gasteiger partial charge in [-0.1, -0.05) is 25.4 Å². The average molecular weight is 319 g/mol. The second-order valence-corrected chi connectivity index (χ2v) is 7.23. The lowest BCUT2D eigenvalue weighted by molar-refractivity contribution is 0.0930. The van der Waals surface area contributed by atoms with Gasteiger partial charge in [-0.25, -0.2) is 8.42 Å². The monoisotopic (exact) mass is 318 g/mol. The topological polar surface area (TPSA) is 75.3 Å². The summed E-state index contributed by atoms with van der Waals surface area (Å²) in [5, 5.41) is 3.10. The van der Waals surface area contributed by atoms with Gasteiger partial charge in [0, 0.05) is 11.7 Å². The Morgan fingerprint density at radius 1 is 1.25 bits per heavy atom. The summed E-state index contributed by atoms with van der Waals surface area (Å²) in [6, 6.07) is 4.41. The Kier molecular flexibility index (Phi) is 5.42. The molecule has 0 aliphatic carbocycles.